The van der Waals surface area contributed by atoms with E-state index in [9.17, 15) is 4.79 Å². The average molecular weight is 205 g/mol. The first kappa shape index (κ1) is 10.2. The highest BCUT2D eigenvalue weighted by molar-refractivity contribution is 5.77. The van der Waals surface area contributed by atoms with Crippen molar-refractivity contribution in [2.45, 2.75) is 25.3 Å². The lowest BCUT2D eigenvalue weighted by Gasteiger charge is -2.11. The molecule has 1 aromatic rings. The number of ether oxygens (including phenoxy) is 1. The predicted molar refractivity (Wildman–Crippen MR) is 57.4 cm³/mol. The van der Waals surface area contributed by atoms with E-state index in [1.807, 2.05) is 12.1 Å². The number of rotatable bonds is 2. The van der Waals surface area contributed by atoms with Gasteiger partial charge >= 0.3 is 5.97 Å². The molecular weight excluding hydrogens is 190 g/mol. The van der Waals surface area contributed by atoms with Gasteiger partial charge in [-0.3, -0.25) is 4.79 Å². The quantitative estimate of drug-likeness (QED) is 0.741. The van der Waals surface area contributed by atoms with Crippen molar-refractivity contribution >= 4 is 5.97 Å². The number of carbonyl (C=O) groups excluding carboxylic acids is 1. The Morgan fingerprint density at radius 2 is 2.13 bits per heavy atom. The van der Waals surface area contributed by atoms with Crippen LogP contribution in [0.2, 0.25) is 0 Å². The molecule has 15 heavy (non-hydrogen) atoms. The van der Waals surface area contributed by atoms with Crippen molar-refractivity contribution in [3.63, 3.8) is 0 Å². The fraction of sp³-hybridized carbons (Fsp3) is 0.417. The summed E-state index contributed by atoms with van der Waals surface area (Å²) in [5.41, 5.74) is 9.33. The van der Waals surface area contributed by atoms with Crippen LogP contribution < -0.4 is 5.73 Å². The summed E-state index contributed by atoms with van der Waals surface area (Å²) in [7, 11) is 1.36. The van der Waals surface area contributed by atoms with E-state index in [-0.39, 0.29) is 5.97 Å². The van der Waals surface area contributed by atoms with Crippen LogP contribution in [0, 0.1) is 0 Å². The molecule has 0 radical (unpaired) electrons. The van der Waals surface area contributed by atoms with Gasteiger partial charge in [0.15, 0.2) is 0 Å². The topological polar surface area (TPSA) is 52.3 Å². The van der Waals surface area contributed by atoms with Gasteiger partial charge in [0.25, 0.3) is 0 Å². The summed E-state index contributed by atoms with van der Waals surface area (Å²) in [4.78, 5) is 11.3. The Labute approximate surface area is 89.2 Å². The smallest absolute Gasteiger partial charge is 0.327 e. The van der Waals surface area contributed by atoms with Crippen LogP contribution >= 0.6 is 0 Å². The minimum Gasteiger partial charge on any atom is -0.468 e. The lowest BCUT2D eigenvalue weighted by atomic mass is 10.0. The zero-order valence-electron chi connectivity index (χ0n) is 8.82. The summed E-state index contributed by atoms with van der Waals surface area (Å²) in [6.45, 7) is 0. The van der Waals surface area contributed by atoms with Crippen LogP contribution in [-0.2, 0) is 22.4 Å². The summed E-state index contributed by atoms with van der Waals surface area (Å²) in [6.07, 6.45) is 3.44. The van der Waals surface area contributed by atoms with E-state index in [0.717, 1.165) is 18.4 Å². The molecule has 0 bridgehead atoms. The molecule has 3 heteroatoms. The van der Waals surface area contributed by atoms with Crippen LogP contribution in [0.3, 0.4) is 0 Å². The molecule has 3 nitrogen and oxygen atoms in total. The van der Waals surface area contributed by atoms with Crippen LogP contribution in [0.15, 0.2) is 18.2 Å². The van der Waals surface area contributed by atoms with Crippen LogP contribution in [0.25, 0.3) is 0 Å². The zero-order chi connectivity index (χ0) is 10.8. The van der Waals surface area contributed by atoms with Crippen LogP contribution in [0.4, 0.5) is 0 Å². The molecule has 2 N–H and O–H groups in total. The normalized spacial score (nSPS) is 15.9. The van der Waals surface area contributed by atoms with Crippen molar-refractivity contribution in [2.75, 3.05) is 7.11 Å². The third-order valence-electron chi connectivity index (χ3n) is 2.94. The molecule has 1 aliphatic carbocycles. The Morgan fingerprint density at radius 1 is 1.40 bits per heavy atom. The van der Waals surface area contributed by atoms with Crippen molar-refractivity contribution < 1.29 is 9.53 Å². The van der Waals surface area contributed by atoms with Crippen molar-refractivity contribution in [1.29, 1.82) is 0 Å². The number of fused-ring (bicyclic) bond motifs is 1. The molecule has 0 fully saturated rings. The third kappa shape index (κ3) is 1.88. The number of carbonyl (C=O) groups is 1. The maximum Gasteiger partial charge on any atom is 0.327 e. The second-order valence-corrected chi connectivity index (χ2v) is 3.88. The molecule has 0 spiro atoms. The fourth-order valence-electron chi connectivity index (χ4n) is 2.05. The monoisotopic (exact) mass is 205 g/mol. The van der Waals surface area contributed by atoms with E-state index in [1.165, 1.54) is 24.7 Å². The summed E-state index contributed by atoms with van der Waals surface area (Å²) < 4.78 is 4.62. The summed E-state index contributed by atoms with van der Waals surface area (Å²) in [5, 5.41) is 0. The van der Waals surface area contributed by atoms with Crippen LogP contribution in [0.5, 0.6) is 0 Å². The maximum absolute atomic E-state index is 11.3. The first-order chi connectivity index (χ1) is 7.22. The molecule has 2 rings (SSSR count). The molecule has 1 aliphatic rings. The van der Waals surface area contributed by atoms with Crippen molar-refractivity contribution in [3.8, 4) is 0 Å². The standard InChI is InChI=1S/C12H15NO2/c1-15-12(14)11(13)10-6-5-8-3-2-4-9(8)7-10/h5-7,11H,2-4,13H2,1H3. The van der Waals surface area contributed by atoms with Gasteiger partial charge in [0.1, 0.15) is 6.04 Å². The van der Waals surface area contributed by atoms with Crippen LogP contribution in [0.1, 0.15) is 29.2 Å². The first-order valence-corrected chi connectivity index (χ1v) is 5.17. The fourth-order valence-corrected chi connectivity index (χ4v) is 2.05. The van der Waals surface area contributed by atoms with Gasteiger partial charge in [-0.25, -0.2) is 0 Å². The van der Waals surface area contributed by atoms with Gasteiger partial charge in [-0.1, -0.05) is 18.2 Å². The summed E-state index contributed by atoms with van der Waals surface area (Å²) >= 11 is 0. The second kappa shape index (κ2) is 4.03. The van der Waals surface area contributed by atoms with E-state index in [1.54, 1.807) is 0 Å². The van der Waals surface area contributed by atoms with E-state index >= 15 is 0 Å². The molecule has 0 aromatic heterocycles. The Hall–Kier alpha value is -1.35. The number of hydrogen-bond donors (Lipinski definition) is 1. The SMILES string of the molecule is COC(=O)C(N)c1ccc2c(c1)CCC2. The highest BCUT2D eigenvalue weighted by Gasteiger charge is 2.18. The van der Waals surface area contributed by atoms with Gasteiger partial charge in [0.05, 0.1) is 7.11 Å². The Morgan fingerprint density at radius 3 is 2.87 bits per heavy atom. The average Bonchev–Trinajstić information content (AvgIpc) is 2.73. The molecule has 1 atom stereocenters. The largest absolute Gasteiger partial charge is 0.468 e. The predicted octanol–water partition coefficient (Wildman–Crippen LogP) is 1.35. The van der Waals surface area contributed by atoms with Crippen LogP contribution in [-0.4, -0.2) is 13.1 Å². The summed E-state index contributed by atoms with van der Waals surface area (Å²) in [6, 6.07) is 5.37. The highest BCUT2D eigenvalue weighted by Crippen LogP contribution is 2.25. The molecule has 1 aromatic carbocycles. The molecule has 0 saturated carbocycles. The Kier molecular flexibility index (Phi) is 2.73. The summed E-state index contributed by atoms with van der Waals surface area (Å²) in [5.74, 6) is -0.382. The van der Waals surface area contributed by atoms with Crippen molar-refractivity contribution in [3.05, 3.63) is 34.9 Å². The number of aryl methyl sites for hydroxylation is 2. The number of methoxy groups -OCH3 is 1. The highest BCUT2D eigenvalue weighted by atomic mass is 16.5. The molecule has 80 valence electrons. The van der Waals surface area contributed by atoms with Crippen molar-refractivity contribution in [1.82, 2.24) is 0 Å². The van der Waals surface area contributed by atoms with E-state index in [2.05, 4.69) is 10.8 Å². The molecule has 0 saturated heterocycles. The minimum atomic E-state index is -0.652. The molecular formula is C12H15NO2. The zero-order valence-corrected chi connectivity index (χ0v) is 8.82. The second-order valence-electron chi connectivity index (χ2n) is 3.88. The Balaban J connectivity index is 2.26. The van der Waals surface area contributed by atoms with E-state index < -0.39 is 6.04 Å². The van der Waals surface area contributed by atoms with Gasteiger partial charge in [-0.15, -0.1) is 0 Å². The number of esters is 1. The van der Waals surface area contributed by atoms with Gasteiger partial charge in [0, 0.05) is 0 Å². The minimum absolute atomic E-state index is 0.382. The number of hydrogen-bond acceptors (Lipinski definition) is 3. The molecule has 0 aliphatic heterocycles. The number of nitrogens with two attached hydrogens (primary N) is 1. The molecule has 0 amide bonds. The molecule has 1 unspecified atom stereocenters. The third-order valence-corrected chi connectivity index (χ3v) is 2.94. The maximum atomic E-state index is 11.3. The van der Waals surface area contributed by atoms with Gasteiger partial charge in [0.2, 0.25) is 0 Å². The lowest BCUT2D eigenvalue weighted by Crippen LogP contribution is -2.22. The van der Waals surface area contributed by atoms with Gasteiger partial charge < -0.3 is 10.5 Å². The Bertz CT molecular complexity index is 387. The first-order valence-electron chi connectivity index (χ1n) is 5.17. The van der Waals surface area contributed by atoms with Gasteiger partial charge in [-0.2, -0.15) is 0 Å². The molecule has 0 heterocycles. The van der Waals surface area contributed by atoms with Gasteiger partial charge in [-0.05, 0) is 36.0 Å². The number of benzene rings is 1. The van der Waals surface area contributed by atoms with E-state index in [0.29, 0.717) is 0 Å². The van der Waals surface area contributed by atoms with Crippen molar-refractivity contribution in [2.24, 2.45) is 5.73 Å². The lowest BCUT2D eigenvalue weighted by molar-refractivity contribution is -0.142. The van der Waals surface area contributed by atoms with E-state index in [4.69, 9.17) is 5.73 Å².